The number of nitrogens with zero attached hydrogens (tertiary/aromatic N) is 1. The summed E-state index contributed by atoms with van der Waals surface area (Å²) in [6.45, 7) is 6.68. The van der Waals surface area contributed by atoms with E-state index in [0.717, 1.165) is 31.2 Å². The third-order valence-corrected chi connectivity index (χ3v) is 4.03. The molecule has 0 saturated carbocycles. The number of halogens is 1. The lowest BCUT2D eigenvalue weighted by Crippen LogP contribution is -2.45. The van der Waals surface area contributed by atoms with Gasteiger partial charge in [-0.25, -0.2) is 0 Å². The lowest BCUT2D eigenvalue weighted by molar-refractivity contribution is 0.163. The topological polar surface area (TPSA) is 15.3 Å². The highest BCUT2D eigenvalue weighted by Crippen LogP contribution is 2.31. The van der Waals surface area contributed by atoms with Crippen molar-refractivity contribution in [3.05, 3.63) is 34.9 Å². The quantitative estimate of drug-likeness (QED) is 0.878. The van der Waals surface area contributed by atoms with Gasteiger partial charge in [0.15, 0.2) is 0 Å². The van der Waals surface area contributed by atoms with Gasteiger partial charge in [-0.15, -0.1) is 0 Å². The molecule has 0 aliphatic carbocycles. The number of hydrogen-bond acceptors (Lipinski definition) is 2. The number of nitrogens with one attached hydrogen (secondary N) is 1. The smallest absolute Gasteiger partial charge is 0.0453 e. The van der Waals surface area contributed by atoms with E-state index in [2.05, 4.69) is 29.3 Å². The molecule has 1 aliphatic rings. The highest BCUT2D eigenvalue weighted by atomic mass is 35.5. The van der Waals surface area contributed by atoms with Crippen LogP contribution in [0.3, 0.4) is 0 Å². The third-order valence-electron chi connectivity index (χ3n) is 3.69. The minimum Gasteiger partial charge on any atom is -0.314 e. The van der Waals surface area contributed by atoms with E-state index in [9.17, 15) is 0 Å². The molecule has 1 N–H and O–H groups in total. The molecule has 0 radical (unpaired) electrons. The molecule has 1 atom stereocenters. The van der Waals surface area contributed by atoms with E-state index < -0.39 is 0 Å². The molecule has 1 heterocycles. The number of benzene rings is 1. The van der Waals surface area contributed by atoms with Crippen molar-refractivity contribution in [3.63, 3.8) is 0 Å². The molecule has 1 fully saturated rings. The Kier molecular flexibility index (Phi) is 5.48. The second kappa shape index (κ2) is 7.13. The van der Waals surface area contributed by atoms with E-state index >= 15 is 0 Å². The van der Waals surface area contributed by atoms with Crippen molar-refractivity contribution in [1.82, 2.24) is 10.2 Å². The second-order valence-electron chi connectivity index (χ2n) is 4.97. The molecule has 18 heavy (non-hydrogen) atoms. The van der Waals surface area contributed by atoms with Crippen LogP contribution >= 0.6 is 11.6 Å². The summed E-state index contributed by atoms with van der Waals surface area (Å²) >= 11 is 6.37. The van der Waals surface area contributed by atoms with Crippen LogP contribution in [-0.2, 0) is 0 Å². The minimum absolute atomic E-state index is 0.487. The Labute approximate surface area is 115 Å². The first-order valence-electron chi connectivity index (χ1n) is 7.02. The standard InChI is InChI=1S/C15H23ClN2/c1-2-3-8-15(18-11-9-17-10-12-18)13-6-4-5-7-14(13)16/h4-7,15,17H,2-3,8-12H2,1H3. The molecule has 1 saturated heterocycles. The fourth-order valence-electron chi connectivity index (χ4n) is 2.67. The summed E-state index contributed by atoms with van der Waals surface area (Å²) in [4.78, 5) is 2.58. The van der Waals surface area contributed by atoms with E-state index in [1.54, 1.807) is 0 Å². The van der Waals surface area contributed by atoms with Gasteiger partial charge in [-0.1, -0.05) is 49.6 Å². The monoisotopic (exact) mass is 266 g/mol. The van der Waals surface area contributed by atoms with Gasteiger partial charge in [-0.2, -0.15) is 0 Å². The molecule has 2 nitrogen and oxygen atoms in total. The van der Waals surface area contributed by atoms with Crippen LogP contribution < -0.4 is 5.32 Å². The fourth-order valence-corrected chi connectivity index (χ4v) is 2.93. The van der Waals surface area contributed by atoms with Crippen molar-refractivity contribution in [3.8, 4) is 0 Å². The number of piperazine rings is 1. The van der Waals surface area contributed by atoms with Crippen molar-refractivity contribution < 1.29 is 0 Å². The van der Waals surface area contributed by atoms with E-state index in [1.807, 2.05) is 12.1 Å². The molecule has 1 aromatic rings. The van der Waals surface area contributed by atoms with Gasteiger partial charge in [0.1, 0.15) is 0 Å². The number of unbranched alkanes of at least 4 members (excludes halogenated alkanes) is 1. The van der Waals surface area contributed by atoms with Gasteiger partial charge < -0.3 is 5.32 Å². The summed E-state index contributed by atoms with van der Waals surface area (Å²) in [7, 11) is 0. The zero-order chi connectivity index (χ0) is 12.8. The molecule has 3 heteroatoms. The number of rotatable bonds is 5. The second-order valence-corrected chi connectivity index (χ2v) is 5.37. The predicted molar refractivity (Wildman–Crippen MR) is 78.2 cm³/mol. The highest BCUT2D eigenvalue weighted by molar-refractivity contribution is 6.31. The zero-order valence-corrected chi connectivity index (χ0v) is 11.9. The van der Waals surface area contributed by atoms with Crippen molar-refractivity contribution >= 4 is 11.6 Å². The Balaban J connectivity index is 2.15. The van der Waals surface area contributed by atoms with Crippen LogP contribution in [0.4, 0.5) is 0 Å². The van der Waals surface area contributed by atoms with Crippen molar-refractivity contribution in [2.45, 2.75) is 32.2 Å². The number of hydrogen-bond donors (Lipinski definition) is 1. The van der Waals surface area contributed by atoms with Gasteiger partial charge in [0.05, 0.1) is 0 Å². The van der Waals surface area contributed by atoms with Crippen LogP contribution in [0.25, 0.3) is 0 Å². The van der Waals surface area contributed by atoms with E-state index in [4.69, 9.17) is 11.6 Å². The lowest BCUT2D eigenvalue weighted by Gasteiger charge is -2.35. The minimum atomic E-state index is 0.487. The Bertz CT molecular complexity index is 361. The SMILES string of the molecule is CCCCC(c1ccccc1Cl)N1CCNCC1. The summed E-state index contributed by atoms with van der Waals surface area (Å²) < 4.78 is 0. The van der Waals surface area contributed by atoms with Gasteiger partial charge in [-0.3, -0.25) is 4.90 Å². The van der Waals surface area contributed by atoms with Crippen LogP contribution in [0.15, 0.2) is 24.3 Å². The van der Waals surface area contributed by atoms with E-state index in [0.29, 0.717) is 6.04 Å². The van der Waals surface area contributed by atoms with Crippen LogP contribution in [0, 0.1) is 0 Å². The maximum Gasteiger partial charge on any atom is 0.0453 e. The first kappa shape index (κ1) is 13.9. The van der Waals surface area contributed by atoms with Gasteiger partial charge in [-0.05, 0) is 18.1 Å². The van der Waals surface area contributed by atoms with Crippen LogP contribution in [-0.4, -0.2) is 31.1 Å². The lowest BCUT2D eigenvalue weighted by atomic mass is 9.98. The molecule has 0 spiro atoms. The maximum absolute atomic E-state index is 6.37. The summed E-state index contributed by atoms with van der Waals surface area (Å²) in [5, 5.41) is 4.33. The van der Waals surface area contributed by atoms with Gasteiger partial charge in [0.2, 0.25) is 0 Å². The Hall–Kier alpha value is -0.570. The average molecular weight is 267 g/mol. The molecular weight excluding hydrogens is 244 g/mol. The molecule has 1 aromatic carbocycles. The molecule has 0 amide bonds. The maximum atomic E-state index is 6.37. The fraction of sp³-hybridized carbons (Fsp3) is 0.600. The van der Waals surface area contributed by atoms with Crippen molar-refractivity contribution in [2.24, 2.45) is 0 Å². The van der Waals surface area contributed by atoms with Gasteiger partial charge in [0.25, 0.3) is 0 Å². The Morgan fingerprint density at radius 2 is 2.00 bits per heavy atom. The molecule has 2 rings (SSSR count). The highest BCUT2D eigenvalue weighted by Gasteiger charge is 2.23. The zero-order valence-electron chi connectivity index (χ0n) is 11.2. The Morgan fingerprint density at radius 1 is 1.28 bits per heavy atom. The molecular formula is C15H23ClN2. The summed E-state index contributed by atoms with van der Waals surface area (Å²) in [6.07, 6.45) is 3.72. The van der Waals surface area contributed by atoms with Crippen LogP contribution in [0.5, 0.6) is 0 Å². The predicted octanol–water partition coefficient (Wildman–Crippen LogP) is 3.48. The first-order valence-corrected chi connectivity index (χ1v) is 7.40. The van der Waals surface area contributed by atoms with Gasteiger partial charge in [0, 0.05) is 37.2 Å². The summed E-state index contributed by atoms with van der Waals surface area (Å²) in [5.41, 5.74) is 1.30. The van der Waals surface area contributed by atoms with Crippen LogP contribution in [0.2, 0.25) is 5.02 Å². The van der Waals surface area contributed by atoms with Gasteiger partial charge >= 0.3 is 0 Å². The van der Waals surface area contributed by atoms with E-state index in [-0.39, 0.29) is 0 Å². The molecule has 0 bridgehead atoms. The molecule has 1 unspecified atom stereocenters. The normalized spacial score (nSPS) is 18.8. The largest absolute Gasteiger partial charge is 0.314 e. The summed E-state index contributed by atoms with van der Waals surface area (Å²) in [5.74, 6) is 0. The molecule has 1 aliphatic heterocycles. The Morgan fingerprint density at radius 3 is 2.67 bits per heavy atom. The first-order chi connectivity index (χ1) is 8.83. The van der Waals surface area contributed by atoms with Crippen molar-refractivity contribution in [1.29, 1.82) is 0 Å². The van der Waals surface area contributed by atoms with Crippen molar-refractivity contribution in [2.75, 3.05) is 26.2 Å². The molecule has 100 valence electrons. The average Bonchev–Trinajstić information content (AvgIpc) is 2.42. The summed E-state index contributed by atoms with van der Waals surface area (Å²) in [6, 6.07) is 8.80. The van der Waals surface area contributed by atoms with E-state index in [1.165, 1.54) is 24.8 Å². The molecule has 0 aromatic heterocycles. The van der Waals surface area contributed by atoms with Crippen LogP contribution in [0.1, 0.15) is 37.8 Å². The third kappa shape index (κ3) is 3.47.